The largest absolute Gasteiger partial charge is 0.490 e. The van der Waals surface area contributed by atoms with Crippen LogP contribution in [0.25, 0.3) is 0 Å². The van der Waals surface area contributed by atoms with Crippen LogP contribution in [0.15, 0.2) is 46.9 Å². The number of benzene rings is 2. The number of hydrogen-bond acceptors (Lipinski definition) is 3. The van der Waals surface area contributed by atoms with Crippen LogP contribution in [0.3, 0.4) is 0 Å². The molecule has 0 heterocycles. The SMILES string of the molecule is CN(C)CCOc1ccccc1N(C)C(=O)c1ccc(Cl)c(Br)c1. The van der Waals surface area contributed by atoms with E-state index in [0.717, 1.165) is 12.2 Å². The molecule has 6 heteroatoms. The summed E-state index contributed by atoms with van der Waals surface area (Å²) in [6, 6.07) is 12.6. The molecule has 0 aliphatic heterocycles. The third-order valence-electron chi connectivity index (χ3n) is 3.49. The molecule has 0 saturated carbocycles. The molecule has 0 spiro atoms. The van der Waals surface area contributed by atoms with Crippen LogP contribution in [0.4, 0.5) is 5.69 Å². The fourth-order valence-electron chi connectivity index (χ4n) is 2.13. The number of carbonyl (C=O) groups is 1. The van der Waals surface area contributed by atoms with Crippen LogP contribution in [0.2, 0.25) is 5.02 Å². The molecule has 128 valence electrons. The lowest BCUT2D eigenvalue weighted by Crippen LogP contribution is -2.27. The number of para-hydroxylation sites is 2. The van der Waals surface area contributed by atoms with Crippen molar-refractivity contribution in [1.82, 2.24) is 4.90 Å². The summed E-state index contributed by atoms with van der Waals surface area (Å²) in [5.74, 6) is 0.555. The molecule has 24 heavy (non-hydrogen) atoms. The van der Waals surface area contributed by atoms with Gasteiger partial charge in [-0.15, -0.1) is 0 Å². The van der Waals surface area contributed by atoms with E-state index in [1.807, 2.05) is 43.3 Å². The molecule has 0 fully saturated rings. The molecule has 2 aromatic rings. The van der Waals surface area contributed by atoms with E-state index in [4.69, 9.17) is 16.3 Å². The van der Waals surface area contributed by atoms with E-state index < -0.39 is 0 Å². The normalized spacial score (nSPS) is 10.8. The second kappa shape index (κ2) is 8.51. The van der Waals surface area contributed by atoms with Gasteiger partial charge < -0.3 is 14.5 Å². The number of hydrogen-bond donors (Lipinski definition) is 0. The first-order chi connectivity index (χ1) is 11.4. The summed E-state index contributed by atoms with van der Waals surface area (Å²) in [5.41, 5.74) is 1.28. The van der Waals surface area contributed by atoms with Gasteiger partial charge in [0.05, 0.1) is 10.7 Å². The van der Waals surface area contributed by atoms with Crippen LogP contribution >= 0.6 is 27.5 Å². The van der Waals surface area contributed by atoms with E-state index in [1.165, 1.54) is 0 Å². The van der Waals surface area contributed by atoms with Crippen LogP contribution < -0.4 is 9.64 Å². The van der Waals surface area contributed by atoms with Crippen molar-refractivity contribution in [2.45, 2.75) is 0 Å². The van der Waals surface area contributed by atoms with Crippen molar-refractivity contribution in [1.29, 1.82) is 0 Å². The van der Waals surface area contributed by atoms with Crippen LogP contribution in [-0.4, -0.2) is 45.1 Å². The average Bonchev–Trinajstić information content (AvgIpc) is 2.56. The van der Waals surface area contributed by atoms with Crippen molar-refractivity contribution in [2.24, 2.45) is 0 Å². The highest BCUT2D eigenvalue weighted by Crippen LogP contribution is 2.29. The maximum Gasteiger partial charge on any atom is 0.258 e. The second-order valence-corrected chi connectivity index (χ2v) is 6.87. The molecule has 0 N–H and O–H groups in total. The van der Waals surface area contributed by atoms with Crippen molar-refractivity contribution < 1.29 is 9.53 Å². The number of likely N-dealkylation sites (N-methyl/N-ethyl adjacent to an activating group) is 1. The summed E-state index contributed by atoms with van der Waals surface area (Å²) < 4.78 is 6.53. The van der Waals surface area contributed by atoms with Crippen LogP contribution in [0.1, 0.15) is 10.4 Å². The fraction of sp³-hybridized carbons (Fsp3) is 0.278. The minimum absolute atomic E-state index is 0.129. The molecular weight excluding hydrogens is 392 g/mol. The zero-order valence-electron chi connectivity index (χ0n) is 13.9. The lowest BCUT2D eigenvalue weighted by Gasteiger charge is -2.21. The van der Waals surface area contributed by atoms with Gasteiger partial charge in [0.15, 0.2) is 0 Å². The third kappa shape index (κ3) is 4.72. The topological polar surface area (TPSA) is 32.8 Å². The number of rotatable bonds is 6. The Labute approximate surface area is 156 Å². The molecule has 0 unspecified atom stereocenters. The summed E-state index contributed by atoms with van der Waals surface area (Å²) in [5, 5.41) is 0.571. The molecule has 0 aliphatic carbocycles. The van der Waals surface area contributed by atoms with Crippen LogP contribution in [0.5, 0.6) is 5.75 Å². The first-order valence-electron chi connectivity index (χ1n) is 7.50. The van der Waals surface area contributed by atoms with Gasteiger partial charge >= 0.3 is 0 Å². The molecule has 0 radical (unpaired) electrons. The van der Waals surface area contributed by atoms with Gasteiger partial charge in [0.1, 0.15) is 12.4 Å². The number of anilines is 1. The number of nitrogens with zero attached hydrogens (tertiary/aromatic N) is 2. The van der Waals surface area contributed by atoms with Crippen LogP contribution in [-0.2, 0) is 0 Å². The predicted octanol–water partition coefficient (Wildman–Crippen LogP) is 4.32. The van der Waals surface area contributed by atoms with E-state index in [9.17, 15) is 4.79 Å². The predicted molar refractivity (Wildman–Crippen MR) is 102 cm³/mol. The average molecular weight is 412 g/mol. The zero-order chi connectivity index (χ0) is 17.7. The van der Waals surface area contributed by atoms with Gasteiger partial charge in [0.25, 0.3) is 5.91 Å². The Morgan fingerprint density at radius 2 is 1.88 bits per heavy atom. The van der Waals surface area contributed by atoms with Gasteiger partial charge in [0, 0.05) is 23.6 Å². The van der Waals surface area contributed by atoms with E-state index in [-0.39, 0.29) is 5.91 Å². The highest BCUT2D eigenvalue weighted by molar-refractivity contribution is 9.10. The van der Waals surface area contributed by atoms with Crippen LogP contribution in [0, 0.1) is 0 Å². The lowest BCUT2D eigenvalue weighted by molar-refractivity contribution is 0.0992. The first-order valence-corrected chi connectivity index (χ1v) is 8.67. The molecule has 2 rings (SSSR count). The van der Waals surface area contributed by atoms with Crippen molar-refractivity contribution in [3.05, 3.63) is 57.5 Å². The molecular formula is C18H20BrClN2O2. The van der Waals surface area contributed by atoms with Crippen molar-refractivity contribution in [3.63, 3.8) is 0 Å². The van der Waals surface area contributed by atoms with Crippen molar-refractivity contribution >= 4 is 39.1 Å². The summed E-state index contributed by atoms with van der Waals surface area (Å²) in [6.45, 7) is 1.36. The van der Waals surface area contributed by atoms with Gasteiger partial charge in [-0.2, -0.15) is 0 Å². The monoisotopic (exact) mass is 410 g/mol. The Balaban J connectivity index is 2.20. The minimum atomic E-state index is -0.129. The maximum absolute atomic E-state index is 12.7. The number of amides is 1. The third-order valence-corrected chi connectivity index (χ3v) is 4.71. The first kappa shape index (κ1) is 18.8. The molecule has 0 saturated heterocycles. The molecule has 4 nitrogen and oxygen atoms in total. The number of halogens is 2. The maximum atomic E-state index is 12.7. The Bertz CT molecular complexity index is 722. The molecule has 1 amide bonds. The Morgan fingerprint density at radius 1 is 1.17 bits per heavy atom. The highest BCUT2D eigenvalue weighted by atomic mass is 79.9. The van der Waals surface area contributed by atoms with Crippen molar-refractivity contribution in [3.8, 4) is 5.75 Å². The van der Waals surface area contributed by atoms with E-state index in [1.54, 1.807) is 30.1 Å². The highest BCUT2D eigenvalue weighted by Gasteiger charge is 2.17. The van der Waals surface area contributed by atoms with Crippen molar-refractivity contribution in [2.75, 3.05) is 39.2 Å². The molecule has 0 aliphatic rings. The van der Waals surface area contributed by atoms with Gasteiger partial charge in [-0.05, 0) is 60.4 Å². The van der Waals surface area contributed by atoms with E-state index >= 15 is 0 Å². The fourth-order valence-corrected chi connectivity index (χ4v) is 2.62. The molecule has 2 aromatic carbocycles. The van der Waals surface area contributed by atoms with E-state index in [0.29, 0.717) is 27.4 Å². The minimum Gasteiger partial charge on any atom is -0.490 e. The lowest BCUT2D eigenvalue weighted by atomic mass is 10.2. The second-order valence-electron chi connectivity index (χ2n) is 5.61. The molecule has 0 bridgehead atoms. The molecule has 0 atom stereocenters. The Morgan fingerprint density at radius 3 is 2.54 bits per heavy atom. The Hall–Kier alpha value is -1.56. The smallest absolute Gasteiger partial charge is 0.258 e. The van der Waals surface area contributed by atoms with Gasteiger partial charge in [-0.25, -0.2) is 0 Å². The number of carbonyl (C=O) groups excluding carboxylic acids is 1. The molecule has 0 aromatic heterocycles. The van der Waals surface area contributed by atoms with E-state index in [2.05, 4.69) is 15.9 Å². The Kier molecular flexibility index (Phi) is 6.66. The van der Waals surface area contributed by atoms with Gasteiger partial charge in [0.2, 0.25) is 0 Å². The van der Waals surface area contributed by atoms with Gasteiger partial charge in [-0.1, -0.05) is 23.7 Å². The summed E-state index contributed by atoms with van der Waals surface area (Å²) >= 11 is 9.34. The number of ether oxygens (including phenoxy) is 1. The quantitative estimate of drug-likeness (QED) is 0.710. The summed E-state index contributed by atoms with van der Waals surface area (Å²) in [4.78, 5) is 16.4. The zero-order valence-corrected chi connectivity index (χ0v) is 16.3. The summed E-state index contributed by atoms with van der Waals surface area (Å²) in [7, 11) is 5.71. The van der Waals surface area contributed by atoms with Gasteiger partial charge in [-0.3, -0.25) is 4.79 Å². The standard InChI is InChI=1S/C18H20BrClN2O2/c1-21(2)10-11-24-17-7-5-4-6-16(17)22(3)18(23)13-8-9-15(20)14(19)12-13/h4-9,12H,10-11H2,1-3H3. The summed E-state index contributed by atoms with van der Waals surface area (Å²) in [6.07, 6.45) is 0.